The van der Waals surface area contributed by atoms with E-state index in [1.54, 1.807) is 0 Å². The van der Waals surface area contributed by atoms with Crippen molar-refractivity contribution in [2.24, 2.45) is 0 Å². The lowest BCUT2D eigenvalue weighted by atomic mass is 10.3. The fraction of sp³-hybridized carbons (Fsp3) is 0.727. The second-order valence-corrected chi connectivity index (χ2v) is 4.45. The highest BCUT2D eigenvalue weighted by atomic mass is 15.2. The van der Waals surface area contributed by atoms with Crippen molar-refractivity contribution in [2.45, 2.75) is 32.1 Å². The first-order valence-corrected chi connectivity index (χ1v) is 5.71. The predicted octanol–water partition coefficient (Wildman–Crippen LogP) is 0.815. The van der Waals surface area contributed by atoms with Gasteiger partial charge in [0.15, 0.2) is 5.70 Å². The Morgan fingerprint density at radius 2 is 2.00 bits per heavy atom. The number of nitrogens with zero attached hydrogens (tertiary/aromatic N) is 2. The summed E-state index contributed by atoms with van der Waals surface area (Å²) in [5.74, 6) is 1.19. The number of nitrogens with one attached hydrogen (secondary N) is 1. The van der Waals surface area contributed by atoms with Gasteiger partial charge in [-0.3, -0.25) is 4.90 Å². The molecular weight excluding hydrogens is 174 g/mol. The van der Waals surface area contributed by atoms with E-state index in [0.717, 1.165) is 6.54 Å². The van der Waals surface area contributed by atoms with Gasteiger partial charge in [0.25, 0.3) is 0 Å². The summed E-state index contributed by atoms with van der Waals surface area (Å²) in [6.45, 7) is 3.55. The molecule has 3 heteroatoms. The number of allylic oxidation sites excluding steroid dienone is 2. The molecule has 0 unspecified atom stereocenters. The van der Waals surface area contributed by atoms with Crippen LogP contribution in [-0.2, 0) is 0 Å². The van der Waals surface area contributed by atoms with Crippen LogP contribution in [0.1, 0.15) is 32.1 Å². The minimum absolute atomic E-state index is 1.03. The van der Waals surface area contributed by atoms with Gasteiger partial charge in [0.05, 0.1) is 0 Å². The first-order chi connectivity index (χ1) is 6.92. The van der Waals surface area contributed by atoms with Crippen LogP contribution in [0, 0.1) is 0 Å². The standard InChI is InChI=1S/C11H17N3/c1-2-7-14(6-1)8-11-12-9-4-3-5-10(9)13-11/h12H,1-8H2/q+1. The molecular formula is C11H17N3+. The Labute approximate surface area is 84.9 Å². The van der Waals surface area contributed by atoms with Gasteiger partial charge in [-0.1, -0.05) is 0 Å². The van der Waals surface area contributed by atoms with Crippen LogP contribution in [-0.4, -0.2) is 30.4 Å². The SMILES string of the molecule is C1CC2=C(C1)NC(CN1CCCC1)=[N+]2. The van der Waals surface area contributed by atoms with Crippen molar-refractivity contribution in [3.63, 3.8) is 0 Å². The summed E-state index contributed by atoms with van der Waals surface area (Å²) in [6.07, 6.45) is 6.41. The Hall–Kier alpha value is -0.830. The molecule has 0 atom stereocenters. The molecule has 75 valence electrons. The van der Waals surface area contributed by atoms with Crippen LogP contribution in [0.15, 0.2) is 11.4 Å². The van der Waals surface area contributed by atoms with Crippen LogP contribution in [0.5, 0.6) is 0 Å². The topological polar surface area (TPSA) is 29.4 Å². The normalized spacial score (nSPS) is 26.7. The van der Waals surface area contributed by atoms with E-state index in [2.05, 4.69) is 15.2 Å². The van der Waals surface area contributed by atoms with Gasteiger partial charge in [-0.25, -0.2) is 5.32 Å². The van der Waals surface area contributed by atoms with Gasteiger partial charge >= 0.3 is 5.84 Å². The minimum atomic E-state index is 1.03. The minimum Gasteiger partial charge on any atom is -0.292 e. The van der Waals surface area contributed by atoms with E-state index < -0.39 is 0 Å². The van der Waals surface area contributed by atoms with Crippen LogP contribution in [0.4, 0.5) is 0 Å². The molecule has 0 spiro atoms. The highest BCUT2D eigenvalue weighted by Crippen LogP contribution is 2.24. The van der Waals surface area contributed by atoms with Crippen LogP contribution in [0.3, 0.4) is 0 Å². The molecule has 2 aliphatic heterocycles. The van der Waals surface area contributed by atoms with E-state index >= 15 is 0 Å². The zero-order valence-corrected chi connectivity index (χ0v) is 8.55. The molecule has 2 heterocycles. The van der Waals surface area contributed by atoms with E-state index in [0.29, 0.717) is 0 Å². The molecule has 3 rings (SSSR count). The molecule has 0 aromatic carbocycles. The Morgan fingerprint density at radius 1 is 1.14 bits per heavy atom. The maximum Gasteiger partial charge on any atom is 0.311 e. The Balaban J connectivity index is 1.60. The van der Waals surface area contributed by atoms with Crippen molar-refractivity contribution in [3.8, 4) is 0 Å². The molecule has 0 bridgehead atoms. The summed E-state index contributed by atoms with van der Waals surface area (Å²) in [6, 6.07) is 0. The zero-order chi connectivity index (χ0) is 9.38. The number of aliphatic imine (C=N–C) groups is 1. The van der Waals surface area contributed by atoms with E-state index in [4.69, 9.17) is 0 Å². The van der Waals surface area contributed by atoms with Crippen LogP contribution >= 0.6 is 0 Å². The number of likely N-dealkylation sites (tertiary alicyclic amines) is 1. The average molecular weight is 191 g/mol. The van der Waals surface area contributed by atoms with E-state index in [1.807, 2.05) is 0 Å². The fourth-order valence-corrected chi connectivity index (χ4v) is 2.58. The molecule has 3 aliphatic rings. The molecule has 1 saturated heterocycles. The van der Waals surface area contributed by atoms with Gasteiger partial charge in [0.2, 0.25) is 0 Å². The maximum atomic E-state index is 4.66. The lowest BCUT2D eigenvalue weighted by Gasteiger charge is -2.10. The molecule has 1 N–H and O–H groups in total. The zero-order valence-electron chi connectivity index (χ0n) is 8.55. The number of hydrogen-bond acceptors (Lipinski definition) is 3. The lowest BCUT2D eigenvalue weighted by molar-refractivity contribution is 0.385. The second-order valence-electron chi connectivity index (χ2n) is 4.45. The first kappa shape index (κ1) is 8.48. The third kappa shape index (κ3) is 1.46. The van der Waals surface area contributed by atoms with Gasteiger partial charge in [0.1, 0.15) is 12.2 Å². The maximum absolute atomic E-state index is 4.66. The Morgan fingerprint density at radius 3 is 2.79 bits per heavy atom. The van der Waals surface area contributed by atoms with Crippen LogP contribution in [0.2, 0.25) is 0 Å². The lowest BCUT2D eigenvalue weighted by Crippen LogP contribution is -2.35. The molecule has 14 heavy (non-hydrogen) atoms. The van der Waals surface area contributed by atoms with Crippen LogP contribution < -0.4 is 10.3 Å². The van der Waals surface area contributed by atoms with Gasteiger partial charge < -0.3 is 0 Å². The van der Waals surface area contributed by atoms with Crippen molar-refractivity contribution in [3.05, 3.63) is 11.4 Å². The molecule has 0 amide bonds. The van der Waals surface area contributed by atoms with Crippen molar-refractivity contribution < 1.29 is 0 Å². The van der Waals surface area contributed by atoms with Crippen molar-refractivity contribution in [1.82, 2.24) is 15.2 Å². The molecule has 0 saturated carbocycles. The quantitative estimate of drug-likeness (QED) is 0.700. The number of hydrogen-bond donors (Lipinski definition) is 1. The van der Waals surface area contributed by atoms with Crippen molar-refractivity contribution in [1.29, 1.82) is 0 Å². The highest BCUT2D eigenvalue weighted by molar-refractivity contribution is 5.87. The molecule has 1 aliphatic carbocycles. The summed E-state index contributed by atoms with van der Waals surface area (Å²) in [5, 5.41) is 3.47. The Kier molecular flexibility index (Phi) is 2.05. The predicted molar refractivity (Wildman–Crippen MR) is 56.8 cm³/mol. The van der Waals surface area contributed by atoms with Gasteiger partial charge in [-0.2, -0.15) is 0 Å². The van der Waals surface area contributed by atoms with Crippen molar-refractivity contribution >= 4 is 5.84 Å². The number of amidine groups is 1. The van der Waals surface area contributed by atoms with Gasteiger partial charge in [0, 0.05) is 12.8 Å². The van der Waals surface area contributed by atoms with E-state index in [1.165, 1.54) is 62.4 Å². The molecule has 3 nitrogen and oxygen atoms in total. The fourth-order valence-electron chi connectivity index (χ4n) is 2.58. The van der Waals surface area contributed by atoms with Crippen molar-refractivity contribution in [2.75, 3.05) is 19.6 Å². The molecule has 1 radical (unpaired) electrons. The summed E-state index contributed by atoms with van der Waals surface area (Å²) in [7, 11) is 0. The monoisotopic (exact) mass is 191 g/mol. The molecule has 1 fully saturated rings. The second kappa shape index (κ2) is 3.39. The van der Waals surface area contributed by atoms with E-state index in [-0.39, 0.29) is 0 Å². The van der Waals surface area contributed by atoms with E-state index in [9.17, 15) is 0 Å². The molecule has 0 aromatic rings. The average Bonchev–Trinajstić information content (AvgIpc) is 2.78. The first-order valence-electron chi connectivity index (χ1n) is 5.71. The smallest absolute Gasteiger partial charge is 0.292 e. The number of rotatable bonds is 2. The summed E-state index contributed by atoms with van der Waals surface area (Å²) >= 11 is 0. The summed E-state index contributed by atoms with van der Waals surface area (Å²) in [4.78, 5) is 7.15. The largest absolute Gasteiger partial charge is 0.311 e. The third-order valence-corrected chi connectivity index (χ3v) is 3.33. The summed E-state index contributed by atoms with van der Waals surface area (Å²) < 4.78 is 0. The van der Waals surface area contributed by atoms with Crippen LogP contribution in [0.25, 0.3) is 0 Å². The van der Waals surface area contributed by atoms with Gasteiger partial charge in [-0.15, -0.1) is 0 Å². The molecule has 0 aromatic heterocycles. The highest BCUT2D eigenvalue weighted by Gasteiger charge is 2.32. The Bertz CT molecular complexity index is 298. The third-order valence-electron chi connectivity index (χ3n) is 3.33. The summed E-state index contributed by atoms with van der Waals surface area (Å²) in [5.41, 5.74) is 2.73. The van der Waals surface area contributed by atoms with Gasteiger partial charge in [-0.05, 0) is 37.3 Å².